The summed E-state index contributed by atoms with van der Waals surface area (Å²) in [6, 6.07) is 12.9. The van der Waals surface area contributed by atoms with Crippen LogP contribution in [0.15, 0.2) is 53.0 Å². The van der Waals surface area contributed by atoms with E-state index < -0.39 is 17.8 Å². The van der Waals surface area contributed by atoms with Crippen LogP contribution in [0.25, 0.3) is 0 Å². The van der Waals surface area contributed by atoms with Crippen molar-refractivity contribution in [3.63, 3.8) is 0 Å². The SMILES string of the molecule is O[C@H](COc1ccccc1Br)CN1CCN(c2cccc(C(F)(F)F)c2)CC1. The minimum absolute atomic E-state index is 0.177. The molecule has 0 saturated carbocycles. The second-order valence-corrected chi connectivity index (χ2v) is 7.59. The van der Waals surface area contributed by atoms with E-state index in [1.54, 1.807) is 6.07 Å². The Labute approximate surface area is 170 Å². The molecule has 28 heavy (non-hydrogen) atoms. The van der Waals surface area contributed by atoms with E-state index in [9.17, 15) is 18.3 Å². The highest BCUT2D eigenvalue weighted by Gasteiger charge is 2.31. The van der Waals surface area contributed by atoms with Gasteiger partial charge in [-0.05, 0) is 46.3 Å². The molecule has 0 amide bonds. The van der Waals surface area contributed by atoms with E-state index in [1.807, 2.05) is 29.2 Å². The van der Waals surface area contributed by atoms with Crippen molar-refractivity contribution in [1.29, 1.82) is 0 Å². The molecule has 1 aliphatic rings. The summed E-state index contributed by atoms with van der Waals surface area (Å²) in [5.74, 6) is 0.677. The van der Waals surface area contributed by atoms with Crippen LogP contribution in [0.3, 0.4) is 0 Å². The van der Waals surface area contributed by atoms with Crippen molar-refractivity contribution in [1.82, 2.24) is 4.90 Å². The molecule has 152 valence electrons. The molecule has 1 saturated heterocycles. The quantitative estimate of drug-likeness (QED) is 0.708. The van der Waals surface area contributed by atoms with Crippen molar-refractivity contribution in [2.75, 3.05) is 44.2 Å². The van der Waals surface area contributed by atoms with Crippen molar-refractivity contribution < 1.29 is 23.0 Å². The lowest BCUT2D eigenvalue weighted by Crippen LogP contribution is -2.49. The van der Waals surface area contributed by atoms with Gasteiger partial charge in [-0.15, -0.1) is 0 Å². The van der Waals surface area contributed by atoms with Gasteiger partial charge in [0.15, 0.2) is 0 Å². The number of aliphatic hydroxyl groups excluding tert-OH is 1. The van der Waals surface area contributed by atoms with Crippen molar-refractivity contribution in [3.05, 3.63) is 58.6 Å². The van der Waals surface area contributed by atoms with Crippen LogP contribution in [0, 0.1) is 0 Å². The largest absolute Gasteiger partial charge is 0.490 e. The van der Waals surface area contributed by atoms with Gasteiger partial charge in [-0.25, -0.2) is 0 Å². The van der Waals surface area contributed by atoms with Crippen LogP contribution >= 0.6 is 15.9 Å². The van der Waals surface area contributed by atoms with E-state index in [1.165, 1.54) is 12.1 Å². The predicted molar refractivity (Wildman–Crippen MR) is 106 cm³/mol. The number of nitrogens with zero attached hydrogens (tertiary/aromatic N) is 2. The molecule has 1 aliphatic heterocycles. The number of rotatable bonds is 6. The first-order chi connectivity index (χ1) is 13.3. The molecular weight excluding hydrogens is 437 g/mol. The molecule has 4 nitrogen and oxygen atoms in total. The number of piperazine rings is 1. The molecule has 0 unspecified atom stereocenters. The standard InChI is InChI=1S/C20H22BrF3N2O2/c21-18-6-1-2-7-19(18)28-14-17(27)13-25-8-10-26(11-9-25)16-5-3-4-15(12-16)20(22,23)24/h1-7,12,17,27H,8-11,13-14H2/t17-/m0/s1. The van der Waals surface area contributed by atoms with Crippen LogP contribution in [0.2, 0.25) is 0 Å². The van der Waals surface area contributed by atoms with Gasteiger partial charge >= 0.3 is 6.18 Å². The average Bonchev–Trinajstić information content (AvgIpc) is 2.67. The highest BCUT2D eigenvalue weighted by Crippen LogP contribution is 2.32. The first-order valence-corrected chi connectivity index (χ1v) is 9.82. The monoisotopic (exact) mass is 458 g/mol. The average molecular weight is 459 g/mol. The summed E-state index contributed by atoms with van der Waals surface area (Å²) in [7, 11) is 0. The lowest BCUT2D eigenvalue weighted by Gasteiger charge is -2.37. The van der Waals surface area contributed by atoms with Gasteiger partial charge < -0.3 is 14.7 Å². The number of hydrogen-bond acceptors (Lipinski definition) is 4. The van der Waals surface area contributed by atoms with Crippen molar-refractivity contribution in [2.24, 2.45) is 0 Å². The van der Waals surface area contributed by atoms with E-state index in [0.717, 1.165) is 10.5 Å². The van der Waals surface area contributed by atoms with Gasteiger partial charge in [0.1, 0.15) is 18.5 Å². The van der Waals surface area contributed by atoms with Crippen LogP contribution in [0.5, 0.6) is 5.75 Å². The van der Waals surface area contributed by atoms with Gasteiger partial charge in [0.2, 0.25) is 0 Å². The number of hydrogen-bond donors (Lipinski definition) is 1. The molecule has 1 fully saturated rings. The summed E-state index contributed by atoms with van der Waals surface area (Å²) < 4.78 is 45.1. The maximum atomic E-state index is 12.9. The fourth-order valence-corrected chi connectivity index (χ4v) is 3.57. The zero-order valence-corrected chi connectivity index (χ0v) is 16.8. The van der Waals surface area contributed by atoms with Gasteiger partial charge in [-0.1, -0.05) is 18.2 Å². The molecule has 1 heterocycles. The Kier molecular flexibility index (Phi) is 6.85. The first kappa shape index (κ1) is 21.0. The maximum Gasteiger partial charge on any atom is 0.416 e. The van der Waals surface area contributed by atoms with Crippen LogP contribution in [0.4, 0.5) is 18.9 Å². The first-order valence-electron chi connectivity index (χ1n) is 9.03. The Morgan fingerprint density at radius 1 is 1.04 bits per heavy atom. The van der Waals surface area contributed by atoms with E-state index in [4.69, 9.17) is 4.74 Å². The minimum Gasteiger partial charge on any atom is -0.490 e. The normalized spacial score (nSPS) is 16.8. The van der Waals surface area contributed by atoms with Crippen molar-refractivity contribution in [3.8, 4) is 5.75 Å². The van der Waals surface area contributed by atoms with Gasteiger partial charge in [-0.2, -0.15) is 13.2 Å². The molecular formula is C20H22BrF3N2O2. The lowest BCUT2D eigenvalue weighted by atomic mass is 10.1. The highest BCUT2D eigenvalue weighted by atomic mass is 79.9. The van der Waals surface area contributed by atoms with Crippen LogP contribution in [0.1, 0.15) is 5.56 Å². The zero-order valence-electron chi connectivity index (χ0n) is 15.2. The Morgan fingerprint density at radius 3 is 2.43 bits per heavy atom. The molecule has 0 spiro atoms. The molecule has 0 bridgehead atoms. The third-order valence-electron chi connectivity index (χ3n) is 4.65. The number of alkyl halides is 3. The molecule has 1 N–H and O–H groups in total. The molecule has 8 heteroatoms. The Bertz CT molecular complexity index is 780. The van der Waals surface area contributed by atoms with E-state index in [2.05, 4.69) is 20.8 Å². The maximum absolute atomic E-state index is 12.9. The molecule has 0 aromatic heterocycles. The molecule has 0 aliphatic carbocycles. The number of β-amino-alcohol motifs (C(OH)–C–C–N with tert-alkyl or cyclic N) is 1. The molecule has 0 radical (unpaired) electrons. The van der Waals surface area contributed by atoms with Gasteiger partial charge in [0.05, 0.1) is 10.0 Å². The lowest BCUT2D eigenvalue weighted by molar-refractivity contribution is -0.137. The highest BCUT2D eigenvalue weighted by molar-refractivity contribution is 9.10. The summed E-state index contributed by atoms with van der Waals surface area (Å²) in [6.07, 6.45) is -4.98. The fourth-order valence-electron chi connectivity index (χ4n) is 3.17. The number of anilines is 1. The number of aliphatic hydroxyl groups is 1. The van der Waals surface area contributed by atoms with Gasteiger partial charge in [0, 0.05) is 38.4 Å². The third-order valence-corrected chi connectivity index (χ3v) is 5.30. The molecule has 3 rings (SSSR count). The molecule has 1 atom stereocenters. The number of para-hydroxylation sites is 1. The third kappa shape index (κ3) is 5.62. The Balaban J connectivity index is 1.47. The van der Waals surface area contributed by atoms with Crippen LogP contribution < -0.4 is 9.64 Å². The van der Waals surface area contributed by atoms with E-state index in [0.29, 0.717) is 44.2 Å². The van der Waals surface area contributed by atoms with Crippen LogP contribution in [-0.2, 0) is 6.18 Å². The zero-order chi connectivity index (χ0) is 20.1. The van der Waals surface area contributed by atoms with Gasteiger partial charge in [0.25, 0.3) is 0 Å². The van der Waals surface area contributed by atoms with E-state index in [-0.39, 0.29) is 6.61 Å². The van der Waals surface area contributed by atoms with Crippen molar-refractivity contribution >= 4 is 21.6 Å². The predicted octanol–water partition coefficient (Wildman–Crippen LogP) is 4.03. The topological polar surface area (TPSA) is 35.9 Å². The Hall–Kier alpha value is -1.77. The van der Waals surface area contributed by atoms with Gasteiger partial charge in [-0.3, -0.25) is 4.90 Å². The summed E-state index contributed by atoms with van der Waals surface area (Å²) in [5.41, 5.74) is -0.0562. The smallest absolute Gasteiger partial charge is 0.416 e. The summed E-state index contributed by atoms with van der Waals surface area (Å²) >= 11 is 3.40. The molecule has 2 aromatic rings. The summed E-state index contributed by atoms with van der Waals surface area (Å²) in [4.78, 5) is 4.04. The second kappa shape index (κ2) is 9.15. The number of benzene rings is 2. The number of halogens is 4. The Morgan fingerprint density at radius 2 is 1.75 bits per heavy atom. The minimum atomic E-state index is -4.34. The van der Waals surface area contributed by atoms with E-state index >= 15 is 0 Å². The fraction of sp³-hybridized carbons (Fsp3) is 0.400. The second-order valence-electron chi connectivity index (χ2n) is 6.73. The number of ether oxygens (including phenoxy) is 1. The van der Waals surface area contributed by atoms with Crippen molar-refractivity contribution in [2.45, 2.75) is 12.3 Å². The summed E-state index contributed by atoms with van der Waals surface area (Å²) in [5, 5.41) is 10.2. The molecule has 2 aromatic carbocycles. The van der Waals surface area contributed by atoms with Crippen LogP contribution in [-0.4, -0.2) is 55.4 Å². The summed E-state index contributed by atoms with van der Waals surface area (Å²) in [6.45, 7) is 3.19.